The largest absolute Gasteiger partial charge is 0.494 e. The Labute approximate surface area is 244 Å². The molecule has 5 rings (SSSR count). The average molecular weight is 577 g/mol. The number of nitrogens with zero attached hydrogens (tertiary/aromatic N) is 5. The van der Waals surface area contributed by atoms with Gasteiger partial charge >= 0.3 is 0 Å². The van der Waals surface area contributed by atoms with E-state index >= 15 is 0 Å². The lowest BCUT2D eigenvalue weighted by Crippen LogP contribution is -2.35. The molecule has 3 heterocycles. The van der Waals surface area contributed by atoms with E-state index in [1.807, 2.05) is 6.07 Å². The fourth-order valence-electron chi connectivity index (χ4n) is 5.78. The van der Waals surface area contributed by atoms with Crippen LogP contribution in [-0.2, 0) is 10.4 Å². The second kappa shape index (κ2) is 11.5. The molecular formula is C30H37FN8O3. The Morgan fingerprint density at radius 3 is 2.52 bits per heavy atom. The van der Waals surface area contributed by atoms with Crippen molar-refractivity contribution in [3.05, 3.63) is 60.2 Å². The summed E-state index contributed by atoms with van der Waals surface area (Å²) in [7, 11) is 3.71. The third-order valence-electron chi connectivity index (χ3n) is 7.82. The zero-order valence-electron chi connectivity index (χ0n) is 24.5. The summed E-state index contributed by atoms with van der Waals surface area (Å²) < 4.78 is 20.1. The van der Waals surface area contributed by atoms with Crippen molar-refractivity contribution in [1.29, 1.82) is 0 Å². The number of likely N-dealkylation sites (tertiary alicyclic amines) is 1. The van der Waals surface area contributed by atoms with E-state index in [4.69, 9.17) is 4.74 Å². The van der Waals surface area contributed by atoms with E-state index in [0.29, 0.717) is 45.9 Å². The summed E-state index contributed by atoms with van der Waals surface area (Å²) in [6.07, 6.45) is 3.65. The Hall–Kier alpha value is -4.29. The van der Waals surface area contributed by atoms with Crippen molar-refractivity contribution in [2.75, 3.05) is 54.6 Å². The summed E-state index contributed by atoms with van der Waals surface area (Å²) in [6, 6.07) is 6.96. The number of halogens is 1. The number of carbonyl (C=O) groups excluding carboxylic acids is 1. The number of ether oxygens (including phenoxy) is 1. The number of rotatable bonds is 9. The smallest absolute Gasteiger partial charge is 0.247 e. The number of fused-ring (bicyclic) bond motifs is 1. The summed E-state index contributed by atoms with van der Waals surface area (Å²) >= 11 is 0. The van der Waals surface area contributed by atoms with Crippen LogP contribution in [-0.4, -0.2) is 70.7 Å². The van der Waals surface area contributed by atoms with E-state index in [9.17, 15) is 14.3 Å². The molecule has 2 saturated heterocycles. The van der Waals surface area contributed by atoms with Gasteiger partial charge in [0.2, 0.25) is 17.8 Å². The minimum absolute atomic E-state index is 0.188. The SMILES string of the molecule is C=CC(=O)Nc1cc(Nc2ncnc(Nc3cc(C)c(F)cc3C(C)(C)O)n2)c(OC)cc1N1CC[C@@H]2CN(C)C[C@@H]21. The highest BCUT2D eigenvalue weighted by molar-refractivity contribution is 6.02. The molecule has 42 heavy (non-hydrogen) atoms. The number of hydrogen-bond acceptors (Lipinski definition) is 10. The maximum Gasteiger partial charge on any atom is 0.247 e. The predicted octanol–water partition coefficient (Wildman–Crippen LogP) is 4.31. The zero-order chi connectivity index (χ0) is 30.2. The van der Waals surface area contributed by atoms with Crippen LogP contribution in [0, 0.1) is 18.7 Å². The lowest BCUT2D eigenvalue weighted by atomic mass is 9.95. The predicted molar refractivity (Wildman–Crippen MR) is 161 cm³/mol. The minimum Gasteiger partial charge on any atom is -0.494 e. The highest BCUT2D eigenvalue weighted by Crippen LogP contribution is 2.43. The van der Waals surface area contributed by atoms with Gasteiger partial charge in [0.15, 0.2) is 0 Å². The van der Waals surface area contributed by atoms with Crippen molar-refractivity contribution in [2.24, 2.45) is 5.92 Å². The quantitative estimate of drug-likeness (QED) is 0.274. The third-order valence-corrected chi connectivity index (χ3v) is 7.82. The molecule has 0 saturated carbocycles. The number of aryl methyl sites for hydroxylation is 1. The highest BCUT2D eigenvalue weighted by atomic mass is 19.1. The van der Waals surface area contributed by atoms with E-state index < -0.39 is 11.4 Å². The normalized spacial score (nSPS) is 18.5. The number of aromatic nitrogens is 3. The number of aliphatic hydroxyl groups is 1. The third kappa shape index (κ3) is 6.00. The number of anilines is 6. The monoisotopic (exact) mass is 576 g/mol. The molecule has 2 aromatic carbocycles. The van der Waals surface area contributed by atoms with Gasteiger partial charge in [0.05, 0.1) is 29.8 Å². The standard InChI is InChI=1S/C30H37FN8O3/c1-7-27(40)34-22-12-23(26(42-6)13-24(22)39-9-8-18-14-38(5)15-25(18)39)36-29-33-16-32-28(37-29)35-21-10-17(2)20(31)11-19(21)30(3,4)41/h7,10-13,16,18,25,41H,1,8-9,14-15H2,2-6H3,(H,34,40)(H2,32,33,35,36,37)/t18-,25+/m1/s1. The highest BCUT2D eigenvalue weighted by Gasteiger charge is 2.41. The maximum absolute atomic E-state index is 14.3. The number of methoxy groups -OCH3 is 1. The van der Waals surface area contributed by atoms with Gasteiger partial charge in [0, 0.05) is 43.0 Å². The first-order chi connectivity index (χ1) is 20.0. The van der Waals surface area contributed by atoms with Crippen LogP contribution in [0.2, 0.25) is 0 Å². The molecule has 11 nitrogen and oxygen atoms in total. The van der Waals surface area contributed by atoms with Crippen molar-refractivity contribution >= 4 is 40.6 Å². The van der Waals surface area contributed by atoms with Gasteiger partial charge in [-0.25, -0.2) is 14.4 Å². The number of nitrogens with one attached hydrogen (secondary N) is 3. The van der Waals surface area contributed by atoms with Crippen molar-refractivity contribution in [2.45, 2.75) is 38.8 Å². The maximum atomic E-state index is 14.3. The van der Waals surface area contributed by atoms with Crippen LogP contribution in [0.1, 0.15) is 31.4 Å². The Morgan fingerprint density at radius 1 is 1.14 bits per heavy atom. The van der Waals surface area contributed by atoms with Crippen LogP contribution in [0.4, 0.5) is 39.0 Å². The van der Waals surface area contributed by atoms with Crippen LogP contribution < -0.4 is 25.6 Å². The van der Waals surface area contributed by atoms with E-state index in [2.05, 4.69) is 54.3 Å². The lowest BCUT2D eigenvalue weighted by molar-refractivity contribution is -0.111. The zero-order valence-corrected chi connectivity index (χ0v) is 24.5. The van der Waals surface area contributed by atoms with Crippen LogP contribution in [0.15, 0.2) is 43.2 Å². The van der Waals surface area contributed by atoms with Crippen molar-refractivity contribution in [1.82, 2.24) is 19.9 Å². The number of likely N-dealkylation sites (N-methyl/N-ethyl adjacent to an activating group) is 1. The summed E-state index contributed by atoms with van der Waals surface area (Å²) in [5, 5.41) is 19.8. The molecule has 2 fully saturated rings. The number of hydrogen-bond donors (Lipinski definition) is 4. The number of benzene rings is 2. The summed E-state index contributed by atoms with van der Waals surface area (Å²) in [5.74, 6) is 0.769. The average Bonchev–Trinajstić information content (AvgIpc) is 3.49. The number of carbonyl (C=O) groups is 1. The van der Waals surface area contributed by atoms with Crippen molar-refractivity contribution in [3.8, 4) is 5.75 Å². The molecule has 1 amide bonds. The van der Waals surface area contributed by atoms with E-state index in [0.717, 1.165) is 31.7 Å². The van der Waals surface area contributed by atoms with Gasteiger partial charge in [0.25, 0.3) is 0 Å². The van der Waals surface area contributed by atoms with Crippen molar-refractivity contribution in [3.63, 3.8) is 0 Å². The Morgan fingerprint density at radius 2 is 1.86 bits per heavy atom. The molecule has 4 N–H and O–H groups in total. The second-order valence-electron chi connectivity index (χ2n) is 11.4. The van der Waals surface area contributed by atoms with Crippen LogP contribution in [0.25, 0.3) is 0 Å². The molecule has 0 bridgehead atoms. The first-order valence-electron chi connectivity index (χ1n) is 13.8. The lowest BCUT2D eigenvalue weighted by Gasteiger charge is -2.29. The fraction of sp³-hybridized carbons (Fsp3) is 0.400. The minimum atomic E-state index is -1.31. The van der Waals surface area contributed by atoms with Crippen LogP contribution >= 0.6 is 0 Å². The molecular weight excluding hydrogens is 539 g/mol. The molecule has 222 valence electrons. The Kier molecular flexibility index (Phi) is 8.02. The van der Waals surface area contributed by atoms with Crippen LogP contribution in [0.5, 0.6) is 5.75 Å². The van der Waals surface area contributed by atoms with Crippen molar-refractivity contribution < 1.29 is 19.0 Å². The fourth-order valence-corrected chi connectivity index (χ4v) is 5.78. The first kappa shape index (κ1) is 29.2. The summed E-state index contributed by atoms with van der Waals surface area (Å²) in [4.78, 5) is 30.0. The van der Waals surface area contributed by atoms with Gasteiger partial charge in [-0.2, -0.15) is 4.98 Å². The first-order valence-corrected chi connectivity index (χ1v) is 13.8. The Bertz CT molecular complexity index is 1510. The van der Waals surface area contributed by atoms with Gasteiger partial charge in [-0.1, -0.05) is 6.58 Å². The summed E-state index contributed by atoms with van der Waals surface area (Å²) in [5.41, 5.74) is 1.95. The van der Waals surface area contributed by atoms with Gasteiger partial charge in [-0.3, -0.25) is 4.79 Å². The molecule has 1 aromatic heterocycles. The topological polar surface area (TPSA) is 128 Å². The molecule has 0 spiro atoms. The molecule has 0 aliphatic carbocycles. The van der Waals surface area contributed by atoms with Gasteiger partial charge in [-0.05, 0) is 70.0 Å². The second-order valence-corrected chi connectivity index (χ2v) is 11.4. The van der Waals surface area contributed by atoms with Gasteiger partial charge in [0.1, 0.15) is 17.9 Å². The van der Waals surface area contributed by atoms with E-state index in [1.54, 1.807) is 40.0 Å². The van der Waals surface area contributed by atoms with Gasteiger partial charge in [-0.15, -0.1) is 0 Å². The number of amides is 1. The molecule has 3 aromatic rings. The Balaban J connectivity index is 1.47. The van der Waals surface area contributed by atoms with E-state index in [-0.39, 0.29) is 17.8 Å². The van der Waals surface area contributed by atoms with E-state index in [1.165, 1.54) is 18.5 Å². The molecule has 0 unspecified atom stereocenters. The molecule has 2 aliphatic heterocycles. The molecule has 2 aliphatic rings. The molecule has 0 radical (unpaired) electrons. The van der Waals surface area contributed by atoms with Crippen LogP contribution in [0.3, 0.4) is 0 Å². The molecule has 2 atom stereocenters. The summed E-state index contributed by atoms with van der Waals surface area (Å²) in [6.45, 7) is 11.3. The van der Waals surface area contributed by atoms with Gasteiger partial charge < -0.3 is 35.6 Å². The molecule has 12 heteroatoms.